The van der Waals surface area contributed by atoms with Crippen LogP contribution in [0.25, 0.3) is 0 Å². The molecule has 0 saturated carbocycles. The van der Waals surface area contributed by atoms with E-state index in [2.05, 4.69) is 19.8 Å². The molecule has 2 aromatic carbocycles. The molecular weight excluding hydrogens is 482 g/mol. The van der Waals surface area contributed by atoms with Crippen molar-refractivity contribution in [3.8, 4) is 17.2 Å². The number of ether oxygens (including phenoxy) is 3. The lowest BCUT2D eigenvalue weighted by Crippen LogP contribution is -2.40. The zero-order valence-corrected chi connectivity index (χ0v) is 21.3. The van der Waals surface area contributed by atoms with E-state index in [0.717, 1.165) is 48.8 Å². The number of thiocarbonyl (C=S) groups is 1. The summed E-state index contributed by atoms with van der Waals surface area (Å²) in [7, 11) is 4.76. The minimum atomic E-state index is -0.454. The van der Waals surface area contributed by atoms with Crippen LogP contribution in [0, 0.1) is 10.1 Å². The Kier molecular flexibility index (Phi) is 7.89. The van der Waals surface area contributed by atoms with Gasteiger partial charge in [-0.25, -0.2) is 4.98 Å². The number of piperidine rings is 1. The van der Waals surface area contributed by atoms with Crippen LogP contribution < -0.4 is 19.5 Å². The maximum absolute atomic E-state index is 11.0. The molecule has 0 unspecified atom stereocenters. The average molecular weight is 512 g/mol. The van der Waals surface area contributed by atoms with E-state index < -0.39 is 4.92 Å². The third kappa shape index (κ3) is 5.68. The van der Waals surface area contributed by atoms with Crippen molar-refractivity contribution in [3.05, 3.63) is 70.3 Å². The van der Waals surface area contributed by atoms with Gasteiger partial charge in [-0.05, 0) is 48.8 Å². The predicted octanol–water partition coefficient (Wildman–Crippen LogP) is 4.44. The highest BCUT2D eigenvalue weighted by Crippen LogP contribution is 2.31. The van der Waals surface area contributed by atoms with Crippen LogP contribution in [0.15, 0.2) is 48.8 Å². The van der Waals surface area contributed by atoms with Crippen LogP contribution in [0.4, 0.5) is 11.4 Å². The lowest BCUT2D eigenvalue weighted by atomic mass is 9.96. The first-order chi connectivity index (χ1) is 17.4. The minimum Gasteiger partial charge on any atom is -0.497 e. The highest BCUT2D eigenvalue weighted by molar-refractivity contribution is 7.80. The number of anilines is 1. The Bertz CT molecular complexity index is 1220. The molecule has 0 aliphatic carbocycles. The molecule has 11 heteroatoms. The Balaban J connectivity index is 1.39. The number of hydrogen-bond acceptors (Lipinski definition) is 7. The van der Waals surface area contributed by atoms with E-state index in [-0.39, 0.29) is 5.69 Å². The zero-order valence-electron chi connectivity index (χ0n) is 20.5. The van der Waals surface area contributed by atoms with Gasteiger partial charge in [0.2, 0.25) is 0 Å². The maximum Gasteiger partial charge on any atom is 0.273 e. The third-order valence-corrected chi connectivity index (χ3v) is 6.66. The SMILES string of the molecule is COc1cc(Cn2ccnc2C2CCN(C(=S)Nc3ccc([N+](=O)[O-])cc3OC)CC2)cc(OC)c1. The number of methoxy groups -OCH3 is 3. The third-order valence-electron chi connectivity index (χ3n) is 6.30. The average Bonchev–Trinajstić information content (AvgIpc) is 3.36. The molecule has 190 valence electrons. The fourth-order valence-corrected chi connectivity index (χ4v) is 4.69. The molecule has 1 aliphatic rings. The van der Waals surface area contributed by atoms with Gasteiger partial charge >= 0.3 is 0 Å². The molecule has 0 radical (unpaired) electrons. The van der Waals surface area contributed by atoms with Crippen LogP contribution in [0.1, 0.15) is 30.1 Å². The number of rotatable bonds is 8. The van der Waals surface area contributed by atoms with Crippen molar-refractivity contribution in [2.45, 2.75) is 25.3 Å². The van der Waals surface area contributed by atoms with Crippen LogP contribution in [-0.2, 0) is 6.54 Å². The van der Waals surface area contributed by atoms with Crippen LogP contribution in [0.5, 0.6) is 17.2 Å². The summed E-state index contributed by atoms with van der Waals surface area (Å²) < 4.78 is 18.3. The summed E-state index contributed by atoms with van der Waals surface area (Å²) in [6, 6.07) is 10.3. The second-order valence-electron chi connectivity index (χ2n) is 8.47. The minimum absolute atomic E-state index is 0.0352. The number of nitro groups is 1. The van der Waals surface area contributed by atoms with E-state index >= 15 is 0 Å². The van der Waals surface area contributed by atoms with Crippen LogP contribution >= 0.6 is 12.2 Å². The fourth-order valence-electron chi connectivity index (χ4n) is 4.40. The number of nitrogens with one attached hydrogen (secondary N) is 1. The van der Waals surface area contributed by atoms with Gasteiger partial charge in [-0.3, -0.25) is 10.1 Å². The van der Waals surface area contributed by atoms with Crippen molar-refractivity contribution in [3.63, 3.8) is 0 Å². The van der Waals surface area contributed by atoms with Crippen LogP contribution in [-0.4, -0.2) is 58.9 Å². The second kappa shape index (κ2) is 11.3. The normalized spacial score (nSPS) is 13.8. The van der Waals surface area contributed by atoms with E-state index in [0.29, 0.717) is 29.0 Å². The van der Waals surface area contributed by atoms with Crippen molar-refractivity contribution in [1.82, 2.24) is 14.5 Å². The number of likely N-dealkylation sites (tertiary alicyclic amines) is 1. The summed E-state index contributed by atoms with van der Waals surface area (Å²) in [5.41, 5.74) is 1.64. The van der Waals surface area contributed by atoms with E-state index in [9.17, 15) is 10.1 Å². The molecule has 1 aliphatic heterocycles. The molecule has 36 heavy (non-hydrogen) atoms. The Morgan fingerprint density at radius 1 is 1.11 bits per heavy atom. The molecule has 4 rings (SSSR count). The van der Waals surface area contributed by atoms with Crippen LogP contribution in [0.3, 0.4) is 0 Å². The first-order valence-electron chi connectivity index (χ1n) is 11.5. The smallest absolute Gasteiger partial charge is 0.273 e. The summed E-state index contributed by atoms with van der Waals surface area (Å²) in [5, 5.41) is 14.8. The molecule has 0 amide bonds. The van der Waals surface area contributed by atoms with Gasteiger partial charge in [0.25, 0.3) is 5.69 Å². The number of imidazole rings is 1. The molecule has 1 aromatic heterocycles. The van der Waals surface area contributed by atoms with Gasteiger partial charge in [0.05, 0.1) is 38.0 Å². The molecule has 1 saturated heterocycles. The second-order valence-corrected chi connectivity index (χ2v) is 8.85. The fraction of sp³-hybridized carbons (Fsp3) is 0.360. The number of non-ortho nitro benzene ring substituents is 1. The number of nitro benzene ring substituents is 1. The Morgan fingerprint density at radius 2 is 1.81 bits per heavy atom. The largest absolute Gasteiger partial charge is 0.497 e. The Morgan fingerprint density at radius 3 is 2.42 bits per heavy atom. The highest BCUT2D eigenvalue weighted by Gasteiger charge is 2.26. The molecule has 10 nitrogen and oxygen atoms in total. The summed E-state index contributed by atoms with van der Waals surface area (Å²) >= 11 is 5.63. The van der Waals surface area contributed by atoms with Crippen molar-refractivity contribution in [2.75, 3.05) is 39.7 Å². The van der Waals surface area contributed by atoms with Crippen molar-refractivity contribution in [1.29, 1.82) is 0 Å². The monoisotopic (exact) mass is 511 g/mol. The zero-order chi connectivity index (χ0) is 25.7. The van der Waals surface area contributed by atoms with Gasteiger partial charge in [0, 0.05) is 50.1 Å². The van der Waals surface area contributed by atoms with Crippen molar-refractivity contribution < 1.29 is 19.1 Å². The lowest BCUT2D eigenvalue weighted by Gasteiger charge is -2.34. The highest BCUT2D eigenvalue weighted by atomic mass is 32.1. The van der Waals surface area contributed by atoms with Gasteiger partial charge in [-0.2, -0.15) is 0 Å². The van der Waals surface area contributed by atoms with Gasteiger partial charge < -0.3 is 29.0 Å². The summed E-state index contributed by atoms with van der Waals surface area (Å²) in [5.74, 6) is 3.24. The first kappa shape index (κ1) is 25.2. The number of hydrogen-bond donors (Lipinski definition) is 1. The molecule has 1 N–H and O–H groups in total. The summed E-state index contributed by atoms with van der Waals surface area (Å²) in [6.07, 6.45) is 5.64. The van der Waals surface area contributed by atoms with E-state index in [1.807, 2.05) is 30.6 Å². The number of nitrogens with zero attached hydrogens (tertiary/aromatic N) is 4. The van der Waals surface area contributed by atoms with Crippen molar-refractivity contribution >= 4 is 28.7 Å². The molecule has 0 spiro atoms. The predicted molar refractivity (Wildman–Crippen MR) is 140 cm³/mol. The lowest BCUT2D eigenvalue weighted by molar-refractivity contribution is -0.384. The summed E-state index contributed by atoms with van der Waals surface area (Å²) in [6.45, 7) is 2.21. The topological polar surface area (TPSA) is 104 Å². The first-order valence-corrected chi connectivity index (χ1v) is 11.9. The van der Waals surface area contributed by atoms with Crippen LogP contribution in [0.2, 0.25) is 0 Å². The number of aromatic nitrogens is 2. The number of benzene rings is 2. The summed E-state index contributed by atoms with van der Waals surface area (Å²) in [4.78, 5) is 17.4. The quantitative estimate of drug-likeness (QED) is 0.267. The standard InChI is InChI=1S/C25H29N5O5S/c1-33-20-12-17(13-21(15-20)34-2)16-29-11-8-26-24(29)18-6-9-28(10-7-18)25(36)27-22-5-4-19(30(31)32)14-23(22)35-3/h4-5,8,11-15,18H,6-7,9-10,16H2,1-3H3,(H,27,36). The molecule has 2 heterocycles. The maximum atomic E-state index is 11.0. The molecule has 0 bridgehead atoms. The van der Waals surface area contributed by atoms with E-state index in [4.69, 9.17) is 26.4 Å². The Labute approximate surface area is 214 Å². The van der Waals surface area contributed by atoms with Gasteiger partial charge in [-0.15, -0.1) is 0 Å². The van der Waals surface area contributed by atoms with Crippen molar-refractivity contribution in [2.24, 2.45) is 0 Å². The van der Waals surface area contributed by atoms with Gasteiger partial charge in [-0.1, -0.05) is 0 Å². The molecule has 0 atom stereocenters. The van der Waals surface area contributed by atoms with Gasteiger partial charge in [0.15, 0.2) is 5.11 Å². The molecule has 1 fully saturated rings. The molecule has 3 aromatic rings. The van der Waals surface area contributed by atoms with Gasteiger partial charge in [0.1, 0.15) is 23.1 Å². The van der Waals surface area contributed by atoms with E-state index in [1.165, 1.54) is 19.2 Å². The van der Waals surface area contributed by atoms with E-state index in [1.54, 1.807) is 20.3 Å². The molecular formula is C25H29N5O5S. The Hall–Kier alpha value is -3.86.